The van der Waals surface area contributed by atoms with Gasteiger partial charge in [0.1, 0.15) is 11.2 Å². The van der Waals surface area contributed by atoms with Crippen LogP contribution >= 0.6 is 0 Å². The summed E-state index contributed by atoms with van der Waals surface area (Å²) in [4.78, 5) is 0. The summed E-state index contributed by atoms with van der Waals surface area (Å²) < 4.78 is 6.22. The van der Waals surface area contributed by atoms with E-state index >= 15 is 0 Å². The molecule has 1 aromatic heterocycles. The largest absolute Gasteiger partial charge is 0.456 e. The third kappa shape index (κ3) is 4.89. The van der Waals surface area contributed by atoms with E-state index in [9.17, 15) is 0 Å². The summed E-state index contributed by atoms with van der Waals surface area (Å²) in [5, 5.41) is 15.0. The van der Waals surface area contributed by atoms with Crippen LogP contribution in [0.2, 0.25) is 0 Å². The number of hydrogen-bond acceptors (Lipinski definition) is 1. The van der Waals surface area contributed by atoms with E-state index in [-0.39, 0.29) is 0 Å². The highest BCUT2D eigenvalue weighted by atomic mass is 16.3. The van der Waals surface area contributed by atoms with Gasteiger partial charge in [0.2, 0.25) is 0 Å². The van der Waals surface area contributed by atoms with Crippen LogP contribution in [0.1, 0.15) is 0 Å². The Labute approximate surface area is 329 Å². The minimum absolute atomic E-state index is 0.912. The smallest absolute Gasteiger partial charge is 0.135 e. The first-order chi connectivity index (χ1) is 28.3. The molecule has 0 unspecified atom stereocenters. The molecule has 0 bridgehead atoms. The zero-order valence-electron chi connectivity index (χ0n) is 31.0. The lowest BCUT2D eigenvalue weighted by atomic mass is 9.85. The average molecular weight is 723 g/mol. The molecule has 11 aromatic carbocycles. The van der Waals surface area contributed by atoms with Gasteiger partial charge in [-0.15, -0.1) is 0 Å². The molecule has 57 heavy (non-hydrogen) atoms. The molecule has 1 heterocycles. The Hall–Kier alpha value is -7.48. The van der Waals surface area contributed by atoms with E-state index in [1.807, 2.05) is 12.1 Å². The fourth-order valence-corrected chi connectivity index (χ4v) is 9.51. The number of benzene rings is 11. The summed E-state index contributed by atoms with van der Waals surface area (Å²) in [7, 11) is 0. The summed E-state index contributed by atoms with van der Waals surface area (Å²) in [5.41, 5.74) is 11.6. The molecular formula is C56H34O. The van der Waals surface area contributed by atoms with Gasteiger partial charge in [0.25, 0.3) is 0 Å². The Morgan fingerprint density at radius 2 is 0.579 bits per heavy atom. The molecule has 0 aliphatic rings. The number of hydrogen-bond donors (Lipinski definition) is 0. The lowest BCUT2D eigenvalue weighted by molar-refractivity contribution is 0.669. The van der Waals surface area contributed by atoms with Crippen LogP contribution in [0.15, 0.2) is 211 Å². The van der Waals surface area contributed by atoms with Crippen molar-refractivity contribution in [2.45, 2.75) is 0 Å². The van der Waals surface area contributed by atoms with E-state index in [2.05, 4.69) is 194 Å². The topological polar surface area (TPSA) is 13.1 Å². The van der Waals surface area contributed by atoms with Crippen molar-refractivity contribution >= 4 is 75.8 Å². The number of furan rings is 1. The number of rotatable bonds is 4. The van der Waals surface area contributed by atoms with Crippen LogP contribution < -0.4 is 0 Å². The lowest BCUT2D eigenvalue weighted by Gasteiger charge is -2.18. The SMILES string of the molecule is c1ccc(-c2ccc3c4ccccc4c4ccccc4c3c2)c(-c2ccc(-c3c4ccccc4c(-c4ccc5oc6ccccc6c5c4)c4ccccc34)cc2)c1. The fraction of sp³-hybridized carbons (Fsp3) is 0. The highest BCUT2D eigenvalue weighted by Gasteiger charge is 2.19. The summed E-state index contributed by atoms with van der Waals surface area (Å²) in [5.74, 6) is 0. The molecule has 0 spiro atoms. The predicted molar refractivity (Wildman–Crippen MR) is 243 cm³/mol. The molecule has 0 amide bonds. The molecule has 0 aliphatic carbocycles. The van der Waals surface area contributed by atoms with E-state index in [1.54, 1.807) is 0 Å². The van der Waals surface area contributed by atoms with Gasteiger partial charge in [0.05, 0.1) is 0 Å². The van der Waals surface area contributed by atoms with Crippen molar-refractivity contribution in [3.05, 3.63) is 206 Å². The van der Waals surface area contributed by atoms with Gasteiger partial charge >= 0.3 is 0 Å². The third-order valence-corrected chi connectivity index (χ3v) is 12.1. The van der Waals surface area contributed by atoms with Crippen LogP contribution in [0.5, 0.6) is 0 Å². The van der Waals surface area contributed by atoms with Gasteiger partial charge < -0.3 is 4.42 Å². The average Bonchev–Trinajstić information content (AvgIpc) is 3.66. The molecule has 1 nitrogen and oxygen atoms in total. The second-order valence-electron chi connectivity index (χ2n) is 15.1. The van der Waals surface area contributed by atoms with Crippen molar-refractivity contribution in [2.75, 3.05) is 0 Å². The normalized spacial score (nSPS) is 11.9. The van der Waals surface area contributed by atoms with Crippen LogP contribution in [0.4, 0.5) is 0 Å². The van der Waals surface area contributed by atoms with Gasteiger partial charge in [-0.05, 0) is 123 Å². The Morgan fingerprint density at radius 1 is 0.211 bits per heavy atom. The van der Waals surface area contributed by atoms with Crippen molar-refractivity contribution in [1.82, 2.24) is 0 Å². The Bertz CT molecular complexity index is 3480. The molecule has 12 aromatic rings. The molecule has 12 rings (SSSR count). The number of para-hydroxylation sites is 1. The van der Waals surface area contributed by atoms with E-state index in [1.165, 1.54) is 98.4 Å². The fourth-order valence-electron chi connectivity index (χ4n) is 9.51. The summed E-state index contributed by atoms with van der Waals surface area (Å²) in [6.45, 7) is 0. The predicted octanol–water partition coefficient (Wildman–Crippen LogP) is 16.0. The summed E-state index contributed by atoms with van der Waals surface area (Å²) in [6, 6.07) is 75.4. The molecule has 0 N–H and O–H groups in total. The molecular weight excluding hydrogens is 689 g/mol. The molecule has 1 heteroatoms. The highest BCUT2D eigenvalue weighted by Crippen LogP contribution is 2.46. The Balaban J connectivity index is 1.00. The van der Waals surface area contributed by atoms with E-state index in [0.717, 1.165) is 21.9 Å². The summed E-state index contributed by atoms with van der Waals surface area (Å²) in [6.07, 6.45) is 0. The van der Waals surface area contributed by atoms with Gasteiger partial charge in [-0.2, -0.15) is 0 Å². The van der Waals surface area contributed by atoms with Crippen molar-refractivity contribution in [1.29, 1.82) is 0 Å². The van der Waals surface area contributed by atoms with Crippen molar-refractivity contribution in [3.8, 4) is 44.5 Å². The van der Waals surface area contributed by atoms with Crippen LogP contribution in [0.25, 0.3) is 120 Å². The first kappa shape index (κ1) is 31.8. The van der Waals surface area contributed by atoms with Crippen molar-refractivity contribution in [3.63, 3.8) is 0 Å². The van der Waals surface area contributed by atoms with Gasteiger partial charge in [-0.1, -0.05) is 182 Å². The molecule has 0 saturated heterocycles. The molecule has 0 atom stereocenters. The Morgan fingerprint density at radius 3 is 1.18 bits per heavy atom. The molecule has 0 radical (unpaired) electrons. The molecule has 0 saturated carbocycles. The minimum Gasteiger partial charge on any atom is -0.456 e. The number of fused-ring (bicyclic) bond motifs is 11. The first-order valence-corrected chi connectivity index (χ1v) is 19.7. The van der Waals surface area contributed by atoms with Crippen LogP contribution in [-0.2, 0) is 0 Å². The third-order valence-electron chi connectivity index (χ3n) is 12.1. The molecule has 264 valence electrons. The van der Waals surface area contributed by atoms with Gasteiger partial charge in [-0.3, -0.25) is 0 Å². The standard InChI is InChI=1S/C56H34O/c1-2-14-40(37-29-31-45-43-17-4-3-15-41(43)42-16-5-6-18-44(42)51(45)33-37)39(13-1)35-25-27-36(28-26-35)55-47-20-7-9-22-49(47)56(50-23-10-8-21-48(50)55)38-30-32-54-52(34-38)46-19-11-12-24-53(46)57-54/h1-34H. The maximum Gasteiger partial charge on any atom is 0.135 e. The van der Waals surface area contributed by atoms with E-state index < -0.39 is 0 Å². The van der Waals surface area contributed by atoms with E-state index in [0.29, 0.717) is 0 Å². The van der Waals surface area contributed by atoms with E-state index in [4.69, 9.17) is 4.42 Å². The maximum atomic E-state index is 6.22. The highest BCUT2D eigenvalue weighted by molar-refractivity contribution is 6.26. The first-order valence-electron chi connectivity index (χ1n) is 19.7. The van der Waals surface area contributed by atoms with Gasteiger partial charge in [0.15, 0.2) is 0 Å². The zero-order valence-corrected chi connectivity index (χ0v) is 31.0. The quantitative estimate of drug-likeness (QED) is 0.130. The monoisotopic (exact) mass is 722 g/mol. The Kier molecular flexibility index (Phi) is 7.00. The van der Waals surface area contributed by atoms with Crippen molar-refractivity contribution < 1.29 is 4.42 Å². The molecule has 0 aliphatic heterocycles. The van der Waals surface area contributed by atoms with Crippen LogP contribution in [-0.4, -0.2) is 0 Å². The van der Waals surface area contributed by atoms with Crippen LogP contribution in [0, 0.1) is 0 Å². The van der Waals surface area contributed by atoms with Crippen LogP contribution in [0.3, 0.4) is 0 Å². The van der Waals surface area contributed by atoms with Gasteiger partial charge in [0, 0.05) is 10.8 Å². The maximum absolute atomic E-state index is 6.22. The zero-order chi connectivity index (χ0) is 37.5. The second kappa shape index (κ2) is 12.5. The van der Waals surface area contributed by atoms with Gasteiger partial charge in [-0.25, -0.2) is 0 Å². The minimum atomic E-state index is 0.912. The van der Waals surface area contributed by atoms with Crippen molar-refractivity contribution in [2.24, 2.45) is 0 Å². The second-order valence-corrected chi connectivity index (χ2v) is 15.1. The summed E-state index contributed by atoms with van der Waals surface area (Å²) >= 11 is 0. The lowest BCUT2D eigenvalue weighted by Crippen LogP contribution is -1.91. The molecule has 0 fully saturated rings.